The number of hydrogen-bond donors (Lipinski definition) is 0. The number of nitrogens with zero attached hydrogens (tertiary/aromatic N) is 1. The lowest BCUT2D eigenvalue weighted by Gasteiger charge is -2.43. The lowest BCUT2D eigenvalue weighted by atomic mass is 9.72. The van der Waals surface area contributed by atoms with Crippen molar-refractivity contribution in [3.05, 3.63) is 0 Å². The van der Waals surface area contributed by atoms with Crippen LogP contribution in [0.4, 0.5) is 0 Å². The average Bonchev–Trinajstić information content (AvgIpc) is 2.75. The van der Waals surface area contributed by atoms with E-state index in [9.17, 15) is 0 Å². The number of rotatable bonds is 0. The molecule has 0 N–H and O–H groups in total. The Morgan fingerprint density at radius 1 is 1.23 bits per heavy atom. The standard InChI is InChI=1S/C12H23N/c1-11(2,3)10-5-8-13(4)12(9-10)6-7-12/h10H,5-9H2,1-4H3. The molecule has 0 aromatic rings. The number of likely N-dealkylation sites (tertiary alicyclic amines) is 1. The summed E-state index contributed by atoms with van der Waals surface area (Å²) in [6, 6.07) is 0. The Bertz CT molecular complexity index is 198. The zero-order chi connectivity index (χ0) is 9.69. The molecule has 1 heteroatoms. The van der Waals surface area contributed by atoms with Crippen molar-refractivity contribution < 1.29 is 0 Å². The fourth-order valence-corrected chi connectivity index (χ4v) is 2.77. The topological polar surface area (TPSA) is 3.24 Å². The maximum Gasteiger partial charge on any atom is 0.0210 e. The number of piperidine rings is 1. The zero-order valence-electron chi connectivity index (χ0n) is 9.56. The molecule has 2 rings (SSSR count). The molecule has 0 radical (unpaired) electrons. The minimum Gasteiger partial charge on any atom is -0.301 e. The fraction of sp³-hybridized carbons (Fsp3) is 1.00. The van der Waals surface area contributed by atoms with E-state index in [0.29, 0.717) is 11.0 Å². The van der Waals surface area contributed by atoms with Gasteiger partial charge in [-0.05, 0) is 50.6 Å². The largest absolute Gasteiger partial charge is 0.301 e. The van der Waals surface area contributed by atoms with Crippen LogP contribution in [0.3, 0.4) is 0 Å². The van der Waals surface area contributed by atoms with Crippen LogP contribution in [0, 0.1) is 11.3 Å². The van der Waals surface area contributed by atoms with Crippen LogP contribution in [-0.2, 0) is 0 Å². The number of hydrogen-bond acceptors (Lipinski definition) is 1. The summed E-state index contributed by atoms with van der Waals surface area (Å²) < 4.78 is 0. The molecule has 1 aliphatic carbocycles. The van der Waals surface area contributed by atoms with Gasteiger partial charge in [0.2, 0.25) is 0 Å². The molecule has 0 bridgehead atoms. The molecule has 0 aromatic carbocycles. The Kier molecular flexibility index (Phi) is 1.99. The van der Waals surface area contributed by atoms with Crippen LogP contribution in [0.25, 0.3) is 0 Å². The molecule has 2 fully saturated rings. The first-order chi connectivity index (χ1) is 5.94. The Morgan fingerprint density at radius 3 is 2.31 bits per heavy atom. The zero-order valence-corrected chi connectivity index (χ0v) is 9.56. The van der Waals surface area contributed by atoms with Crippen molar-refractivity contribution >= 4 is 0 Å². The van der Waals surface area contributed by atoms with Gasteiger partial charge in [0.15, 0.2) is 0 Å². The first-order valence-corrected chi connectivity index (χ1v) is 5.65. The second-order valence-corrected chi connectivity index (χ2v) is 6.20. The van der Waals surface area contributed by atoms with Crippen LogP contribution < -0.4 is 0 Å². The van der Waals surface area contributed by atoms with E-state index in [2.05, 4.69) is 32.7 Å². The van der Waals surface area contributed by atoms with Gasteiger partial charge in [0.25, 0.3) is 0 Å². The molecular weight excluding hydrogens is 158 g/mol. The van der Waals surface area contributed by atoms with Gasteiger partial charge in [-0.15, -0.1) is 0 Å². The van der Waals surface area contributed by atoms with Crippen molar-refractivity contribution in [1.82, 2.24) is 4.90 Å². The summed E-state index contributed by atoms with van der Waals surface area (Å²) in [7, 11) is 2.31. The highest BCUT2D eigenvalue weighted by Crippen LogP contribution is 2.52. The Hall–Kier alpha value is -0.0400. The van der Waals surface area contributed by atoms with E-state index in [1.54, 1.807) is 0 Å². The lowest BCUT2D eigenvalue weighted by Crippen LogP contribution is -2.44. The van der Waals surface area contributed by atoms with Crippen LogP contribution in [0.15, 0.2) is 0 Å². The van der Waals surface area contributed by atoms with Crippen molar-refractivity contribution in [2.45, 2.75) is 52.0 Å². The Balaban J connectivity index is 2.04. The predicted molar refractivity (Wildman–Crippen MR) is 56.8 cm³/mol. The molecule has 0 amide bonds. The molecule has 1 aliphatic heterocycles. The Morgan fingerprint density at radius 2 is 1.85 bits per heavy atom. The van der Waals surface area contributed by atoms with Gasteiger partial charge in [-0.25, -0.2) is 0 Å². The van der Waals surface area contributed by atoms with Gasteiger partial charge < -0.3 is 4.90 Å². The molecule has 1 unspecified atom stereocenters. The second-order valence-electron chi connectivity index (χ2n) is 6.20. The molecule has 76 valence electrons. The van der Waals surface area contributed by atoms with Gasteiger partial charge in [-0.2, -0.15) is 0 Å². The first-order valence-electron chi connectivity index (χ1n) is 5.65. The van der Waals surface area contributed by atoms with Crippen molar-refractivity contribution in [3.8, 4) is 0 Å². The molecule has 0 aromatic heterocycles. The van der Waals surface area contributed by atoms with Gasteiger partial charge in [-0.1, -0.05) is 20.8 Å². The first kappa shape index (κ1) is 9.51. The van der Waals surface area contributed by atoms with E-state index in [1.165, 1.54) is 32.2 Å². The summed E-state index contributed by atoms with van der Waals surface area (Å²) in [5, 5.41) is 0. The van der Waals surface area contributed by atoms with Crippen molar-refractivity contribution in [2.24, 2.45) is 11.3 Å². The van der Waals surface area contributed by atoms with E-state index >= 15 is 0 Å². The SMILES string of the molecule is CN1CCC(C(C)(C)C)CC12CC2. The average molecular weight is 181 g/mol. The molecule has 2 aliphatic rings. The highest BCUT2D eigenvalue weighted by Gasteiger charge is 2.51. The van der Waals surface area contributed by atoms with Crippen molar-refractivity contribution in [1.29, 1.82) is 0 Å². The van der Waals surface area contributed by atoms with Gasteiger partial charge >= 0.3 is 0 Å². The molecule has 1 saturated carbocycles. The van der Waals surface area contributed by atoms with E-state index in [4.69, 9.17) is 0 Å². The predicted octanol–water partition coefficient (Wildman–Crippen LogP) is 2.91. The van der Waals surface area contributed by atoms with Gasteiger partial charge in [0.1, 0.15) is 0 Å². The minimum atomic E-state index is 0.525. The van der Waals surface area contributed by atoms with Crippen LogP contribution in [0.2, 0.25) is 0 Å². The third-order valence-electron chi connectivity index (χ3n) is 4.30. The fourth-order valence-electron chi connectivity index (χ4n) is 2.77. The van der Waals surface area contributed by atoms with Crippen LogP contribution in [-0.4, -0.2) is 24.0 Å². The maximum absolute atomic E-state index is 2.61. The van der Waals surface area contributed by atoms with Crippen molar-refractivity contribution in [3.63, 3.8) is 0 Å². The molecule has 1 spiro atoms. The third-order valence-corrected chi connectivity index (χ3v) is 4.30. The molecule has 1 atom stereocenters. The third kappa shape index (κ3) is 1.63. The van der Waals surface area contributed by atoms with E-state index in [0.717, 1.165) is 5.92 Å². The van der Waals surface area contributed by atoms with E-state index < -0.39 is 0 Å². The van der Waals surface area contributed by atoms with Gasteiger partial charge in [-0.3, -0.25) is 0 Å². The van der Waals surface area contributed by atoms with Gasteiger partial charge in [0.05, 0.1) is 0 Å². The molecule has 1 nitrogen and oxygen atoms in total. The molecular formula is C12H23N. The lowest BCUT2D eigenvalue weighted by molar-refractivity contribution is 0.0663. The molecule has 1 saturated heterocycles. The molecule has 13 heavy (non-hydrogen) atoms. The van der Waals surface area contributed by atoms with E-state index in [-0.39, 0.29) is 0 Å². The van der Waals surface area contributed by atoms with Crippen molar-refractivity contribution in [2.75, 3.05) is 13.6 Å². The Labute approximate surface area is 82.5 Å². The summed E-state index contributed by atoms with van der Waals surface area (Å²) in [6.07, 6.45) is 5.76. The summed E-state index contributed by atoms with van der Waals surface area (Å²) in [4.78, 5) is 2.61. The highest BCUT2D eigenvalue weighted by molar-refractivity contribution is 5.07. The highest BCUT2D eigenvalue weighted by atomic mass is 15.2. The summed E-state index contributed by atoms with van der Waals surface area (Å²) in [5.74, 6) is 0.950. The summed E-state index contributed by atoms with van der Waals surface area (Å²) in [6.45, 7) is 8.53. The summed E-state index contributed by atoms with van der Waals surface area (Å²) >= 11 is 0. The quantitative estimate of drug-likeness (QED) is 0.555. The normalized spacial score (nSPS) is 33.7. The monoisotopic (exact) mass is 181 g/mol. The second kappa shape index (κ2) is 2.73. The smallest absolute Gasteiger partial charge is 0.0210 e. The van der Waals surface area contributed by atoms with Crippen LogP contribution >= 0.6 is 0 Å². The van der Waals surface area contributed by atoms with Crippen LogP contribution in [0.1, 0.15) is 46.5 Å². The molecule has 1 heterocycles. The summed E-state index contributed by atoms with van der Waals surface area (Å²) in [5.41, 5.74) is 1.17. The van der Waals surface area contributed by atoms with Gasteiger partial charge in [0, 0.05) is 5.54 Å². The van der Waals surface area contributed by atoms with E-state index in [1.807, 2.05) is 0 Å². The minimum absolute atomic E-state index is 0.525. The maximum atomic E-state index is 2.61. The van der Waals surface area contributed by atoms with Crippen LogP contribution in [0.5, 0.6) is 0 Å².